The van der Waals surface area contributed by atoms with Gasteiger partial charge in [-0.25, -0.2) is 9.97 Å². The molecule has 0 amide bonds. The van der Waals surface area contributed by atoms with E-state index in [2.05, 4.69) is 224 Å². The maximum Gasteiger partial charge on any atom is 0.160 e. The number of rotatable bonds is 8. The summed E-state index contributed by atoms with van der Waals surface area (Å²) in [7, 11) is 0. The van der Waals surface area contributed by atoms with E-state index in [1.165, 1.54) is 66.4 Å². The van der Waals surface area contributed by atoms with E-state index in [0.29, 0.717) is 5.82 Å². The van der Waals surface area contributed by atoms with Gasteiger partial charge in [-0.05, 0) is 96.4 Å². The molecular weight excluding hydrogens is 749 g/mol. The predicted octanol–water partition coefficient (Wildman–Crippen LogP) is 15.9. The van der Waals surface area contributed by atoms with Gasteiger partial charge in [0.2, 0.25) is 0 Å². The molecule has 0 atom stereocenters. The molecule has 1 aromatic heterocycles. The van der Waals surface area contributed by atoms with Crippen molar-refractivity contribution in [1.29, 1.82) is 0 Å². The van der Waals surface area contributed by atoms with Crippen LogP contribution in [0.1, 0.15) is 17.5 Å². The van der Waals surface area contributed by atoms with E-state index in [1.54, 1.807) is 0 Å². The molecule has 1 aliphatic rings. The molecule has 0 aliphatic heterocycles. The molecule has 0 bridgehead atoms. The minimum absolute atomic E-state index is 0.697. The Hall–Kier alpha value is -7.94. The van der Waals surface area contributed by atoms with Gasteiger partial charge in [0.05, 0.1) is 11.4 Å². The van der Waals surface area contributed by atoms with Crippen molar-refractivity contribution >= 4 is 16.8 Å². The van der Waals surface area contributed by atoms with Crippen molar-refractivity contribution in [2.75, 3.05) is 0 Å². The molecule has 0 saturated carbocycles. The Morgan fingerprint density at radius 1 is 0.323 bits per heavy atom. The van der Waals surface area contributed by atoms with Gasteiger partial charge in [0.1, 0.15) is 0 Å². The number of hydrogen-bond donors (Lipinski definition) is 0. The fourth-order valence-electron chi connectivity index (χ4n) is 8.86. The second kappa shape index (κ2) is 16.3. The summed E-state index contributed by atoms with van der Waals surface area (Å²) in [6.07, 6.45) is 6.79. The number of aryl methyl sites for hydroxylation is 1. The van der Waals surface area contributed by atoms with Crippen LogP contribution in [0.15, 0.2) is 224 Å². The van der Waals surface area contributed by atoms with Crippen LogP contribution in [0.4, 0.5) is 0 Å². The van der Waals surface area contributed by atoms with Crippen LogP contribution in [0, 0.1) is 0 Å². The van der Waals surface area contributed by atoms with E-state index in [-0.39, 0.29) is 0 Å². The quantitative estimate of drug-likeness (QED) is 0.153. The maximum atomic E-state index is 5.19. The smallest absolute Gasteiger partial charge is 0.160 e. The third-order valence-corrected chi connectivity index (χ3v) is 12.2. The maximum absolute atomic E-state index is 5.19. The summed E-state index contributed by atoms with van der Waals surface area (Å²) < 4.78 is 0. The molecule has 0 N–H and O–H groups in total. The lowest BCUT2D eigenvalue weighted by molar-refractivity contribution is 0.986. The minimum atomic E-state index is 0.697. The van der Waals surface area contributed by atoms with Crippen molar-refractivity contribution in [3.05, 3.63) is 236 Å². The van der Waals surface area contributed by atoms with E-state index in [0.717, 1.165) is 52.0 Å². The number of fused-ring (bicyclic) bond motifs is 2. The van der Waals surface area contributed by atoms with Crippen molar-refractivity contribution in [2.24, 2.45) is 0 Å². The molecular formula is C60H42N2. The van der Waals surface area contributed by atoms with E-state index >= 15 is 0 Å². The van der Waals surface area contributed by atoms with Crippen LogP contribution >= 0.6 is 0 Å². The zero-order chi connectivity index (χ0) is 41.2. The van der Waals surface area contributed by atoms with Crippen LogP contribution in [0.5, 0.6) is 0 Å². The van der Waals surface area contributed by atoms with E-state index < -0.39 is 0 Å². The Kier molecular flexibility index (Phi) is 9.72. The summed E-state index contributed by atoms with van der Waals surface area (Å²) >= 11 is 0. The lowest BCUT2D eigenvalue weighted by Crippen LogP contribution is -1.96. The summed E-state index contributed by atoms with van der Waals surface area (Å²) in [6, 6.07) is 78.3. The third-order valence-electron chi connectivity index (χ3n) is 12.2. The molecule has 0 spiro atoms. The Balaban J connectivity index is 0.902. The Bertz CT molecular complexity index is 3210. The van der Waals surface area contributed by atoms with Crippen molar-refractivity contribution in [2.45, 2.75) is 12.8 Å². The number of nitrogens with zero attached hydrogens (tertiary/aromatic N) is 2. The molecule has 0 radical (unpaired) electrons. The summed E-state index contributed by atoms with van der Waals surface area (Å²) in [4.78, 5) is 10.4. The van der Waals surface area contributed by atoms with Crippen LogP contribution in [-0.4, -0.2) is 9.97 Å². The number of hydrogen-bond acceptors (Lipinski definition) is 2. The molecule has 62 heavy (non-hydrogen) atoms. The zero-order valence-electron chi connectivity index (χ0n) is 34.2. The highest BCUT2D eigenvalue weighted by Gasteiger charge is 2.14. The van der Waals surface area contributed by atoms with Crippen LogP contribution in [0.3, 0.4) is 0 Å². The lowest BCUT2D eigenvalue weighted by Gasteiger charge is -2.15. The van der Waals surface area contributed by atoms with Gasteiger partial charge in [-0.2, -0.15) is 0 Å². The molecule has 2 heteroatoms. The van der Waals surface area contributed by atoms with E-state index in [1.807, 2.05) is 6.07 Å². The van der Waals surface area contributed by atoms with Gasteiger partial charge in [0.25, 0.3) is 0 Å². The summed E-state index contributed by atoms with van der Waals surface area (Å²) in [5, 5.41) is 2.52. The number of aromatic nitrogens is 2. The first-order valence-corrected chi connectivity index (χ1v) is 21.4. The molecule has 0 saturated heterocycles. The van der Waals surface area contributed by atoms with Crippen molar-refractivity contribution in [3.63, 3.8) is 0 Å². The van der Waals surface area contributed by atoms with Gasteiger partial charge >= 0.3 is 0 Å². The van der Waals surface area contributed by atoms with Crippen LogP contribution in [0.2, 0.25) is 0 Å². The predicted molar refractivity (Wildman–Crippen MR) is 260 cm³/mol. The average molecular weight is 791 g/mol. The number of allylic oxidation sites excluding steroid dienone is 1. The summed E-state index contributed by atoms with van der Waals surface area (Å²) in [5.41, 5.74) is 19.6. The highest BCUT2D eigenvalue weighted by molar-refractivity contribution is 5.97. The van der Waals surface area contributed by atoms with E-state index in [4.69, 9.17) is 9.97 Å². The Morgan fingerprint density at radius 2 is 0.758 bits per heavy atom. The summed E-state index contributed by atoms with van der Waals surface area (Å²) in [6.45, 7) is 0. The van der Waals surface area contributed by atoms with Gasteiger partial charge in [0, 0.05) is 16.7 Å². The van der Waals surface area contributed by atoms with Gasteiger partial charge < -0.3 is 0 Å². The second-order valence-corrected chi connectivity index (χ2v) is 16.1. The molecule has 9 aromatic carbocycles. The first-order valence-electron chi connectivity index (χ1n) is 21.4. The average Bonchev–Trinajstić information content (AvgIpc) is 3.36. The fraction of sp³-hybridized carbons (Fsp3) is 0.0333. The highest BCUT2D eigenvalue weighted by atomic mass is 14.9. The zero-order valence-corrected chi connectivity index (χ0v) is 34.2. The Labute approximate surface area is 363 Å². The second-order valence-electron chi connectivity index (χ2n) is 16.1. The first-order chi connectivity index (χ1) is 30.7. The summed E-state index contributed by atoms with van der Waals surface area (Å²) in [5.74, 6) is 0.697. The lowest BCUT2D eigenvalue weighted by atomic mass is 9.89. The largest absolute Gasteiger partial charge is 0.228 e. The van der Waals surface area contributed by atoms with Gasteiger partial charge in [0.15, 0.2) is 5.82 Å². The monoisotopic (exact) mass is 790 g/mol. The molecule has 0 fully saturated rings. The van der Waals surface area contributed by atoms with Crippen LogP contribution < -0.4 is 0 Å². The molecule has 292 valence electrons. The topological polar surface area (TPSA) is 25.8 Å². The standard InChI is InChI=1S/C60H42N2/c1-2-10-41(11-3-1)42-28-38-53(39-29-42)60-61-58(51-34-24-45(25-35-51)43-20-30-49(31-21-43)56-18-8-14-47-12-4-6-16-54(47)56)40-59(62-60)52-36-26-46(27-37-52)44-22-32-50(33-23-44)57-19-9-15-48-13-5-7-17-55(48)57/h1-4,6-12,14-40H,5,13H2. The van der Waals surface area contributed by atoms with Gasteiger partial charge in [-0.15, -0.1) is 0 Å². The van der Waals surface area contributed by atoms with E-state index in [9.17, 15) is 0 Å². The Morgan fingerprint density at radius 3 is 1.35 bits per heavy atom. The third kappa shape index (κ3) is 7.33. The highest BCUT2D eigenvalue weighted by Crippen LogP contribution is 2.35. The van der Waals surface area contributed by atoms with Crippen LogP contribution in [0.25, 0.3) is 106 Å². The SMILES string of the molecule is C1=Cc2c(cccc2-c2ccc(-c3ccc(-c4cc(-c5ccc(-c6ccc(-c7cccc8ccccc78)cc6)cc5)nc(-c5ccc(-c6ccccc6)cc5)n4)cc3)cc2)CC1. The van der Waals surface area contributed by atoms with Crippen LogP contribution in [-0.2, 0) is 6.42 Å². The van der Waals surface area contributed by atoms with Gasteiger partial charge in [-0.1, -0.05) is 224 Å². The normalized spacial score (nSPS) is 12.0. The molecule has 11 rings (SSSR count). The number of benzene rings is 9. The fourth-order valence-corrected chi connectivity index (χ4v) is 8.86. The van der Waals surface area contributed by atoms with Crippen molar-refractivity contribution in [3.8, 4) is 89.5 Å². The van der Waals surface area contributed by atoms with Crippen molar-refractivity contribution in [1.82, 2.24) is 9.97 Å². The molecule has 0 unspecified atom stereocenters. The molecule has 1 aliphatic carbocycles. The molecule has 1 heterocycles. The van der Waals surface area contributed by atoms with Gasteiger partial charge in [-0.3, -0.25) is 0 Å². The van der Waals surface area contributed by atoms with Crippen molar-refractivity contribution < 1.29 is 0 Å². The molecule has 2 nitrogen and oxygen atoms in total. The minimum Gasteiger partial charge on any atom is -0.228 e. The molecule has 10 aromatic rings. The first kappa shape index (κ1) is 37.1.